The van der Waals surface area contributed by atoms with Gasteiger partial charge < -0.3 is 9.80 Å². The molecule has 5 heteroatoms. The third-order valence-corrected chi connectivity index (χ3v) is 4.83. The van der Waals surface area contributed by atoms with Crippen LogP contribution in [0, 0.1) is 6.92 Å². The maximum absolute atomic E-state index is 12.6. The first-order chi connectivity index (χ1) is 10.1. The molecule has 0 aliphatic carbocycles. The number of thiazole rings is 1. The van der Waals surface area contributed by atoms with Crippen molar-refractivity contribution in [2.45, 2.75) is 6.92 Å². The van der Waals surface area contributed by atoms with Gasteiger partial charge in [0.15, 0.2) is 0 Å². The number of benzene rings is 1. The summed E-state index contributed by atoms with van der Waals surface area (Å²) < 4.78 is 0. The van der Waals surface area contributed by atoms with E-state index < -0.39 is 0 Å². The third-order valence-electron chi connectivity index (χ3n) is 3.81. The molecule has 21 heavy (non-hydrogen) atoms. The summed E-state index contributed by atoms with van der Waals surface area (Å²) in [4.78, 5) is 22.4. The molecular formula is C16H19N3OS. The second-order valence-electron chi connectivity index (χ2n) is 5.39. The number of amides is 1. The van der Waals surface area contributed by atoms with Gasteiger partial charge >= 0.3 is 0 Å². The molecule has 3 rings (SSSR count). The van der Waals surface area contributed by atoms with E-state index >= 15 is 0 Å². The third kappa shape index (κ3) is 2.99. The molecule has 110 valence electrons. The lowest BCUT2D eigenvalue weighted by atomic mass is 10.2. The van der Waals surface area contributed by atoms with Crippen LogP contribution >= 0.6 is 11.3 Å². The summed E-state index contributed by atoms with van der Waals surface area (Å²) in [5, 5.41) is 0.922. The fraction of sp³-hybridized carbons (Fsp3) is 0.375. The summed E-state index contributed by atoms with van der Waals surface area (Å²) in [5.74, 6) is 0.0685. The summed E-state index contributed by atoms with van der Waals surface area (Å²) in [6, 6.07) is 10.0. The normalized spacial score (nSPS) is 16.2. The number of aryl methyl sites for hydroxylation is 1. The number of nitrogens with zero attached hydrogens (tertiary/aromatic N) is 3. The van der Waals surface area contributed by atoms with Crippen LogP contribution in [0.15, 0.2) is 30.3 Å². The van der Waals surface area contributed by atoms with E-state index in [0.29, 0.717) is 5.69 Å². The molecule has 1 fully saturated rings. The van der Waals surface area contributed by atoms with Gasteiger partial charge in [-0.1, -0.05) is 30.3 Å². The lowest BCUT2D eigenvalue weighted by Crippen LogP contribution is -2.47. The molecule has 1 aliphatic rings. The van der Waals surface area contributed by atoms with Crippen molar-refractivity contribution in [1.82, 2.24) is 14.8 Å². The molecule has 0 radical (unpaired) electrons. The van der Waals surface area contributed by atoms with Crippen LogP contribution in [0.4, 0.5) is 0 Å². The van der Waals surface area contributed by atoms with Crippen LogP contribution in [0.5, 0.6) is 0 Å². The fourth-order valence-corrected chi connectivity index (χ4v) is 3.37. The highest BCUT2D eigenvalue weighted by Crippen LogP contribution is 2.28. The number of carbonyl (C=O) groups is 1. The molecule has 4 nitrogen and oxygen atoms in total. The molecule has 0 spiro atoms. The highest BCUT2D eigenvalue weighted by atomic mass is 32.1. The van der Waals surface area contributed by atoms with Crippen LogP contribution in [0.3, 0.4) is 0 Å². The summed E-state index contributed by atoms with van der Waals surface area (Å²) >= 11 is 1.59. The van der Waals surface area contributed by atoms with E-state index in [4.69, 9.17) is 0 Å². The topological polar surface area (TPSA) is 36.4 Å². The van der Waals surface area contributed by atoms with Crippen LogP contribution in [0.1, 0.15) is 15.4 Å². The van der Waals surface area contributed by atoms with Crippen molar-refractivity contribution in [3.05, 3.63) is 40.9 Å². The maximum Gasteiger partial charge on any atom is 0.273 e. The van der Waals surface area contributed by atoms with Gasteiger partial charge in [-0.05, 0) is 14.0 Å². The second kappa shape index (κ2) is 5.95. The number of hydrogen-bond acceptors (Lipinski definition) is 4. The van der Waals surface area contributed by atoms with Crippen molar-refractivity contribution in [1.29, 1.82) is 0 Å². The number of aromatic nitrogens is 1. The Morgan fingerprint density at radius 2 is 1.81 bits per heavy atom. The zero-order chi connectivity index (χ0) is 14.8. The Hall–Kier alpha value is -1.72. The Morgan fingerprint density at radius 1 is 1.14 bits per heavy atom. The maximum atomic E-state index is 12.6. The molecule has 1 aromatic carbocycles. The van der Waals surface area contributed by atoms with Gasteiger partial charge in [-0.2, -0.15) is 0 Å². The van der Waals surface area contributed by atoms with E-state index in [1.165, 1.54) is 0 Å². The van der Waals surface area contributed by atoms with E-state index in [0.717, 1.165) is 41.6 Å². The quantitative estimate of drug-likeness (QED) is 0.855. The first kappa shape index (κ1) is 14.2. The molecular weight excluding hydrogens is 282 g/mol. The lowest BCUT2D eigenvalue weighted by Gasteiger charge is -2.32. The Balaban J connectivity index is 1.83. The highest BCUT2D eigenvalue weighted by Gasteiger charge is 2.24. The molecule has 0 N–H and O–H groups in total. The molecule has 0 bridgehead atoms. The van der Waals surface area contributed by atoms with E-state index in [9.17, 15) is 4.79 Å². The van der Waals surface area contributed by atoms with Gasteiger partial charge in [-0.3, -0.25) is 4.79 Å². The van der Waals surface area contributed by atoms with Crippen LogP contribution in [-0.2, 0) is 0 Å². The van der Waals surface area contributed by atoms with Gasteiger partial charge in [0.1, 0.15) is 10.7 Å². The SMILES string of the molecule is Cc1sc(-c2ccccc2)nc1C(=O)N1CCN(C)CC1. The van der Waals surface area contributed by atoms with Gasteiger partial charge in [-0.25, -0.2) is 4.98 Å². The van der Waals surface area contributed by atoms with Crippen LogP contribution in [0.25, 0.3) is 10.6 Å². The molecule has 0 unspecified atom stereocenters. The first-order valence-corrected chi connectivity index (χ1v) is 7.97. The van der Waals surface area contributed by atoms with Crippen LogP contribution in [0.2, 0.25) is 0 Å². The Bertz CT molecular complexity index is 630. The number of likely N-dealkylation sites (N-methyl/N-ethyl adjacent to an activating group) is 1. The van der Waals surface area contributed by atoms with Gasteiger partial charge in [0.2, 0.25) is 0 Å². The molecule has 0 atom stereocenters. The minimum atomic E-state index is 0.0685. The van der Waals surface area contributed by atoms with Gasteiger partial charge in [-0.15, -0.1) is 11.3 Å². The molecule has 0 saturated carbocycles. The molecule has 2 aromatic rings. The predicted octanol–water partition coefficient (Wildman–Crippen LogP) is 2.51. The Kier molecular flexibility index (Phi) is 4.03. The van der Waals surface area contributed by atoms with E-state index in [1.54, 1.807) is 11.3 Å². The minimum absolute atomic E-state index is 0.0685. The number of rotatable bonds is 2. The summed E-state index contributed by atoms with van der Waals surface area (Å²) in [5.41, 5.74) is 1.69. The second-order valence-corrected chi connectivity index (χ2v) is 6.59. The van der Waals surface area contributed by atoms with E-state index in [1.807, 2.05) is 42.2 Å². The smallest absolute Gasteiger partial charge is 0.273 e. The first-order valence-electron chi connectivity index (χ1n) is 7.16. The zero-order valence-electron chi connectivity index (χ0n) is 12.4. The predicted molar refractivity (Wildman–Crippen MR) is 85.7 cm³/mol. The number of hydrogen-bond donors (Lipinski definition) is 0. The van der Waals surface area contributed by atoms with E-state index in [-0.39, 0.29) is 5.91 Å². The minimum Gasteiger partial charge on any atom is -0.335 e. The molecule has 1 amide bonds. The van der Waals surface area contributed by atoms with Crippen molar-refractivity contribution in [2.24, 2.45) is 0 Å². The Morgan fingerprint density at radius 3 is 2.48 bits per heavy atom. The van der Waals surface area contributed by atoms with Crippen molar-refractivity contribution in [3.63, 3.8) is 0 Å². The van der Waals surface area contributed by atoms with Crippen molar-refractivity contribution in [3.8, 4) is 10.6 Å². The summed E-state index contributed by atoms with van der Waals surface area (Å²) in [6.45, 7) is 5.41. The summed E-state index contributed by atoms with van der Waals surface area (Å²) in [6.07, 6.45) is 0. The molecule has 1 aromatic heterocycles. The van der Waals surface area contributed by atoms with Crippen molar-refractivity contribution in [2.75, 3.05) is 33.2 Å². The average molecular weight is 301 g/mol. The Labute approximate surface area is 129 Å². The largest absolute Gasteiger partial charge is 0.335 e. The molecule has 1 aliphatic heterocycles. The summed E-state index contributed by atoms with van der Waals surface area (Å²) in [7, 11) is 2.09. The van der Waals surface area contributed by atoms with Crippen molar-refractivity contribution >= 4 is 17.2 Å². The monoisotopic (exact) mass is 301 g/mol. The number of piperazine rings is 1. The highest BCUT2D eigenvalue weighted by molar-refractivity contribution is 7.15. The number of carbonyl (C=O) groups excluding carboxylic acids is 1. The standard InChI is InChI=1S/C16H19N3OS/c1-12-14(16(20)19-10-8-18(2)9-11-19)17-15(21-12)13-6-4-3-5-7-13/h3-7H,8-11H2,1-2H3. The van der Waals surface area contributed by atoms with Gasteiger partial charge in [0, 0.05) is 36.6 Å². The van der Waals surface area contributed by atoms with Gasteiger partial charge in [0.25, 0.3) is 5.91 Å². The van der Waals surface area contributed by atoms with Crippen LogP contribution < -0.4 is 0 Å². The molecule has 1 saturated heterocycles. The van der Waals surface area contributed by atoms with Crippen LogP contribution in [-0.4, -0.2) is 53.9 Å². The average Bonchev–Trinajstić information content (AvgIpc) is 2.90. The van der Waals surface area contributed by atoms with Crippen molar-refractivity contribution < 1.29 is 4.79 Å². The fourth-order valence-electron chi connectivity index (χ4n) is 2.46. The zero-order valence-corrected chi connectivity index (χ0v) is 13.2. The lowest BCUT2D eigenvalue weighted by molar-refractivity contribution is 0.0658. The van der Waals surface area contributed by atoms with Gasteiger partial charge in [0.05, 0.1) is 0 Å². The molecule has 2 heterocycles. The van der Waals surface area contributed by atoms with E-state index in [2.05, 4.69) is 16.9 Å².